The van der Waals surface area contributed by atoms with E-state index in [1.165, 1.54) is 13.3 Å². The number of H-pyrrole nitrogens is 1. The summed E-state index contributed by atoms with van der Waals surface area (Å²) in [6, 6.07) is 7.14. The highest BCUT2D eigenvalue weighted by Crippen LogP contribution is 2.37. The zero-order chi connectivity index (χ0) is 16.4. The van der Waals surface area contributed by atoms with Gasteiger partial charge in [-0.1, -0.05) is 29.8 Å². The van der Waals surface area contributed by atoms with Crippen LogP contribution in [0.3, 0.4) is 0 Å². The number of aromatic nitrogens is 2. The number of carbonyl (C=O) groups is 1. The van der Waals surface area contributed by atoms with Gasteiger partial charge in [-0.3, -0.25) is 14.4 Å². The molecule has 0 aliphatic heterocycles. The maximum absolute atomic E-state index is 12.5. The molecule has 6 nitrogen and oxygen atoms in total. The topological polar surface area (TPSA) is 75.3 Å². The summed E-state index contributed by atoms with van der Waals surface area (Å²) in [5, 5.41) is 1.61. The lowest BCUT2D eigenvalue weighted by atomic mass is 10.2. The standard InChI is InChI=1S/C16H16ClN3O3/c1-23-20(9-11-4-2-3-5-13(11)17)16(22)12-8-18-14(10-6-7-10)19-15(12)21/h2-5,8,10H,6-7,9H2,1H3,(H,18,19,21). The van der Waals surface area contributed by atoms with Crippen LogP contribution in [0.2, 0.25) is 5.02 Å². The zero-order valence-corrected chi connectivity index (χ0v) is 13.3. The second-order valence-corrected chi connectivity index (χ2v) is 5.81. The third kappa shape index (κ3) is 3.43. The van der Waals surface area contributed by atoms with Crippen molar-refractivity contribution in [3.8, 4) is 0 Å². The lowest BCUT2D eigenvalue weighted by molar-refractivity contribution is -0.102. The lowest BCUT2D eigenvalue weighted by Gasteiger charge is -2.20. The van der Waals surface area contributed by atoms with E-state index in [0.717, 1.165) is 23.5 Å². The van der Waals surface area contributed by atoms with Gasteiger partial charge >= 0.3 is 0 Å². The number of hydroxylamine groups is 2. The van der Waals surface area contributed by atoms with Crippen LogP contribution in [0.4, 0.5) is 0 Å². The number of carbonyl (C=O) groups excluding carboxylic acids is 1. The average Bonchev–Trinajstić information content (AvgIpc) is 3.38. The Balaban J connectivity index is 1.82. The third-order valence-corrected chi connectivity index (χ3v) is 4.10. The van der Waals surface area contributed by atoms with Crippen LogP contribution in [0.15, 0.2) is 35.3 Å². The van der Waals surface area contributed by atoms with Crippen molar-refractivity contribution in [2.24, 2.45) is 0 Å². The van der Waals surface area contributed by atoms with Gasteiger partial charge in [0.2, 0.25) is 0 Å². The first-order valence-corrected chi connectivity index (χ1v) is 7.66. The highest BCUT2D eigenvalue weighted by Gasteiger charge is 2.27. The average molecular weight is 334 g/mol. The Morgan fingerprint density at radius 1 is 1.43 bits per heavy atom. The first-order chi connectivity index (χ1) is 11.1. The Morgan fingerprint density at radius 3 is 2.78 bits per heavy atom. The van der Waals surface area contributed by atoms with Crippen molar-refractivity contribution < 1.29 is 9.63 Å². The first-order valence-electron chi connectivity index (χ1n) is 7.28. The largest absolute Gasteiger partial charge is 0.310 e. The van der Waals surface area contributed by atoms with E-state index in [9.17, 15) is 9.59 Å². The molecule has 1 fully saturated rings. The van der Waals surface area contributed by atoms with Crippen LogP contribution in [-0.4, -0.2) is 28.0 Å². The van der Waals surface area contributed by atoms with E-state index >= 15 is 0 Å². The molecule has 0 atom stereocenters. The van der Waals surface area contributed by atoms with Gasteiger partial charge in [0, 0.05) is 17.1 Å². The van der Waals surface area contributed by atoms with Crippen molar-refractivity contribution in [3.05, 3.63) is 62.8 Å². The number of nitrogens with one attached hydrogen (secondary N) is 1. The molecule has 0 radical (unpaired) electrons. The number of rotatable bonds is 5. The van der Waals surface area contributed by atoms with Crippen molar-refractivity contribution in [1.29, 1.82) is 0 Å². The summed E-state index contributed by atoms with van der Waals surface area (Å²) in [7, 11) is 1.37. The highest BCUT2D eigenvalue weighted by molar-refractivity contribution is 6.31. The van der Waals surface area contributed by atoms with Crippen molar-refractivity contribution in [2.45, 2.75) is 25.3 Å². The highest BCUT2D eigenvalue weighted by atomic mass is 35.5. The summed E-state index contributed by atoms with van der Waals surface area (Å²) in [4.78, 5) is 36.6. The van der Waals surface area contributed by atoms with Crippen molar-refractivity contribution in [1.82, 2.24) is 15.0 Å². The minimum atomic E-state index is -0.552. The molecule has 2 aromatic rings. The molecule has 1 aromatic carbocycles. The van der Waals surface area contributed by atoms with Crippen molar-refractivity contribution in [2.75, 3.05) is 7.11 Å². The summed E-state index contributed by atoms with van der Waals surface area (Å²) in [5.74, 6) is 0.402. The van der Waals surface area contributed by atoms with Crippen LogP contribution >= 0.6 is 11.6 Å². The molecule has 0 spiro atoms. The Labute approximate surface area is 138 Å². The maximum atomic E-state index is 12.5. The number of nitrogens with zero attached hydrogens (tertiary/aromatic N) is 2. The fourth-order valence-electron chi connectivity index (χ4n) is 2.26. The summed E-state index contributed by atoms with van der Waals surface area (Å²) in [6.45, 7) is 0.138. The fraction of sp³-hybridized carbons (Fsp3) is 0.312. The summed E-state index contributed by atoms with van der Waals surface area (Å²) < 4.78 is 0. The van der Waals surface area contributed by atoms with E-state index in [1.54, 1.807) is 18.2 Å². The molecule has 1 saturated carbocycles. The van der Waals surface area contributed by atoms with E-state index in [2.05, 4.69) is 9.97 Å². The number of halogens is 1. The molecule has 1 amide bonds. The predicted octanol–water partition coefficient (Wildman–Crippen LogP) is 2.50. The zero-order valence-electron chi connectivity index (χ0n) is 12.6. The van der Waals surface area contributed by atoms with Crippen LogP contribution in [-0.2, 0) is 11.4 Å². The molecule has 3 rings (SSSR count). The van der Waals surface area contributed by atoms with Gasteiger partial charge in [-0.15, -0.1) is 0 Å². The van der Waals surface area contributed by atoms with Crippen LogP contribution in [0, 0.1) is 0 Å². The lowest BCUT2D eigenvalue weighted by Crippen LogP contribution is -2.34. The fourth-order valence-corrected chi connectivity index (χ4v) is 2.46. The van der Waals surface area contributed by atoms with E-state index < -0.39 is 11.5 Å². The molecule has 1 N–H and O–H groups in total. The van der Waals surface area contributed by atoms with Gasteiger partial charge in [0.25, 0.3) is 11.5 Å². The van der Waals surface area contributed by atoms with Crippen molar-refractivity contribution in [3.63, 3.8) is 0 Å². The molecular formula is C16H16ClN3O3. The van der Waals surface area contributed by atoms with E-state index in [-0.39, 0.29) is 12.1 Å². The van der Waals surface area contributed by atoms with Gasteiger partial charge in [0.05, 0.1) is 13.7 Å². The predicted molar refractivity (Wildman–Crippen MR) is 85.2 cm³/mol. The van der Waals surface area contributed by atoms with Crippen LogP contribution < -0.4 is 5.56 Å². The first kappa shape index (κ1) is 15.7. The van der Waals surface area contributed by atoms with Gasteiger partial charge in [0.1, 0.15) is 11.4 Å². The smallest absolute Gasteiger partial charge is 0.284 e. The van der Waals surface area contributed by atoms with Gasteiger partial charge < -0.3 is 4.98 Å². The number of hydrogen-bond donors (Lipinski definition) is 1. The maximum Gasteiger partial charge on any atom is 0.284 e. The molecule has 1 aromatic heterocycles. The van der Waals surface area contributed by atoms with Gasteiger partial charge in [-0.05, 0) is 24.5 Å². The van der Waals surface area contributed by atoms with Crippen LogP contribution in [0.5, 0.6) is 0 Å². The summed E-state index contributed by atoms with van der Waals surface area (Å²) in [6.07, 6.45) is 3.35. The van der Waals surface area contributed by atoms with E-state index in [0.29, 0.717) is 16.8 Å². The monoisotopic (exact) mass is 333 g/mol. The van der Waals surface area contributed by atoms with Gasteiger partial charge in [0.15, 0.2) is 0 Å². The second-order valence-electron chi connectivity index (χ2n) is 5.40. The minimum absolute atomic E-state index is 0.0525. The Kier molecular flexibility index (Phi) is 4.45. The molecule has 1 heterocycles. The summed E-state index contributed by atoms with van der Waals surface area (Å²) >= 11 is 6.10. The summed E-state index contributed by atoms with van der Waals surface area (Å²) in [5.41, 5.74) is 0.222. The van der Waals surface area contributed by atoms with Crippen molar-refractivity contribution >= 4 is 17.5 Å². The number of aromatic amines is 1. The number of benzene rings is 1. The normalized spacial score (nSPS) is 13.8. The molecule has 120 valence electrons. The number of hydrogen-bond acceptors (Lipinski definition) is 4. The molecule has 23 heavy (non-hydrogen) atoms. The quantitative estimate of drug-likeness (QED) is 0.853. The van der Waals surface area contributed by atoms with E-state index in [4.69, 9.17) is 16.4 Å². The molecule has 1 aliphatic carbocycles. The van der Waals surface area contributed by atoms with E-state index in [1.807, 2.05) is 6.07 Å². The molecule has 1 aliphatic rings. The molecular weight excluding hydrogens is 318 g/mol. The molecule has 0 bridgehead atoms. The Hall–Kier alpha value is -2.18. The van der Waals surface area contributed by atoms with Gasteiger partial charge in [-0.25, -0.2) is 10.0 Å². The van der Waals surface area contributed by atoms with Crippen LogP contribution in [0.25, 0.3) is 0 Å². The molecule has 0 unspecified atom stereocenters. The molecule has 0 saturated heterocycles. The molecule has 7 heteroatoms. The SMILES string of the molecule is CON(Cc1ccccc1Cl)C(=O)c1cnc(C2CC2)[nH]c1=O. The number of amides is 1. The Bertz CT molecular complexity index is 786. The third-order valence-electron chi connectivity index (χ3n) is 3.73. The van der Waals surface area contributed by atoms with Crippen LogP contribution in [0.1, 0.15) is 40.5 Å². The van der Waals surface area contributed by atoms with Gasteiger partial charge in [-0.2, -0.15) is 0 Å². The second kappa shape index (κ2) is 6.52. The Morgan fingerprint density at radius 2 is 2.17 bits per heavy atom. The minimum Gasteiger partial charge on any atom is -0.310 e.